The van der Waals surface area contributed by atoms with E-state index in [0.717, 1.165) is 16.7 Å². The van der Waals surface area contributed by atoms with Gasteiger partial charge in [0.25, 0.3) is 0 Å². The summed E-state index contributed by atoms with van der Waals surface area (Å²) < 4.78 is 11.2. The summed E-state index contributed by atoms with van der Waals surface area (Å²) in [5, 5.41) is 9.14. The van der Waals surface area contributed by atoms with Gasteiger partial charge in [0.15, 0.2) is 11.5 Å². The number of carboxylic acids is 1. The first-order valence-corrected chi connectivity index (χ1v) is 9.46. The van der Waals surface area contributed by atoms with Crippen LogP contribution < -0.4 is 9.47 Å². The number of halogens is 2. The van der Waals surface area contributed by atoms with Gasteiger partial charge >= 0.3 is 5.97 Å². The molecule has 2 rings (SSSR count). The molecule has 1 aromatic rings. The molecular formula is C19H23Cl2NO5. The molecule has 0 amide bonds. The van der Waals surface area contributed by atoms with E-state index >= 15 is 0 Å². The molecule has 148 valence electrons. The molecule has 0 spiro atoms. The number of methoxy groups -OCH3 is 1. The van der Waals surface area contributed by atoms with Crippen molar-refractivity contribution in [3.05, 3.63) is 34.4 Å². The van der Waals surface area contributed by atoms with Gasteiger partial charge in [-0.05, 0) is 22.8 Å². The second kappa shape index (κ2) is 9.97. The summed E-state index contributed by atoms with van der Waals surface area (Å²) in [4.78, 5) is 24.4. The van der Waals surface area contributed by atoms with Crippen LogP contribution in [0.5, 0.6) is 11.5 Å². The van der Waals surface area contributed by atoms with E-state index in [4.69, 9.17) is 37.8 Å². The van der Waals surface area contributed by atoms with Gasteiger partial charge in [-0.15, -0.1) is 11.6 Å². The van der Waals surface area contributed by atoms with Crippen molar-refractivity contribution >= 4 is 35.0 Å². The van der Waals surface area contributed by atoms with E-state index < -0.39 is 5.97 Å². The van der Waals surface area contributed by atoms with Crippen molar-refractivity contribution in [3.63, 3.8) is 0 Å². The molecule has 27 heavy (non-hydrogen) atoms. The van der Waals surface area contributed by atoms with Gasteiger partial charge in [0.2, 0.25) is 0 Å². The summed E-state index contributed by atoms with van der Waals surface area (Å²) in [6, 6.07) is 1.90. The van der Waals surface area contributed by atoms with Crippen LogP contribution in [0.1, 0.15) is 30.4 Å². The number of carbonyl (C=O) groups is 2. The van der Waals surface area contributed by atoms with E-state index in [-0.39, 0.29) is 25.2 Å². The standard InChI is InChI=1S/C19H23Cl2NO5/c1-12(8-20)11-27-19-16(26-2)7-13-9-22(10-15(13)18(19)21)6-5-14(23)3-4-17(24)25/h7H,1,3-6,8-11H2,2H3,(H,24,25). The van der Waals surface area contributed by atoms with E-state index in [1.807, 2.05) is 6.07 Å². The van der Waals surface area contributed by atoms with Gasteiger partial charge in [0.1, 0.15) is 12.4 Å². The Morgan fingerprint density at radius 2 is 2.04 bits per heavy atom. The van der Waals surface area contributed by atoms with Crippen LogP contribution in [0.3, 0.4) is 0 Å². The molecular weight excluding hydrogens is 393 g/mol. The summed E-state index contributed by atoms with van der Waals surface area (Å²) in [7, 11) is 1.55. The topological polar surface area (TPSA) is 76.1 Å². The molecule has 1 N–H and O–H groups in total. The average molecular weight is 416 g/mol. The van der Waals surface area contributed by atoms with Gasteiger partial charge in [-0.3, -0.25) is 14.5 Å². The zero-order chi connectivity index (χ0) is 20.0. The monoisotopic (exact) mass is 415 g/mol. The van der Waals surface area contributed by atoms with E-state index in [2.05, 4.69) is 11.5 Å². The van der Waals surface area contributed by atoms with E-state index in [0.29, 0.717) is 48.5 Å². The van der Waals surface area contributed by atoms with Crippen molar-refractivity contribution in [3.8, 4) is 11.5 Å². The summed E-state index contributed by atoms with van der Waals surface area (Å²) in [5.74, 6) is 0.291. The molecule has 0 fully saturated rings. The van der Waals surface area contributed by atoms with Crippen molar-refractivity contribution < 1.29 is 24.2 Å². The molecule has 1 aliphatic heterocycles. The quantitative estimate of drug-likeness (QED) is 0.438. The number of nitrogens with zero attached hydrogens (tertiary/aromatic N) is 1. The Morgan fingerprint density at radius 1 is 1.30 bits per heavy atom. The van der Waals surface area contributed by atoms with Crippen LogP contribution in [0.4, 0.5) is 0 Å². The predicted octanol–water partition coefficient (Wildman–Crippen LogP) is 3.66. The minimum absolute atomic E-state index is 0.0550. The van der Waals surface area contributed by atoms with Crippen LogP contribution >= 0.6 is 23.2 Å². The molecule has 0 saturated carbocycles. The van der Waals surface area contributed by atoms with Crippen molar-refractivity contribution in [2.24, 2.45) is 0 Å². The lowest BCUT2D eigenvalue weighted by Gasteiger charge is -2.15. The van der Waals surface area contributed by atoms with Crippen LogP contribution in [0.15, 0.2) is 18.2 Å². The van der Waals surface area contributed by atoms with Crippen molar-refractivity contribution in [1.29, 1.82) is 0 Å². The summed E-state index contributed by atoms with van der Waals surface area (Å²) in [6.07, 6.45) is 0.248. The number of carbonyl (C=O) groups excluding carboxylic acids is 1. The zero-order valence-electron chi connectivity index (χ0n) is 15.2. The maximum absolute atomic E-state index is 11.8. The minimum Gasteiger partial charge on any atom is -0.493 e. The highest BCUT2D eigenvalue weighted by Gasteiger charge is 2.26. The van der Waals surface area contributed by atoms with Gasteiger partial charge in [-0.1, -0.05) is 18.2 Å². The molecule has 0 aromatic heterocycles. The van der Waals surface area contributed by atoms with Crippen LogP contribution in [0.2, 0.25) is 5.02 Å². The number of aliphatic carboxylic acids is 1. The number of ketones is 1. The first-order valence-electron chi connectivity index (χ1n) is 8.55. The molecule has 0 radical (unpaired) electrons. The molecule has 1 aromatic carbocycles. The van der Waals surface area contributed by atoms with Gasteiger partial charge < -0.3 is 14.6 Å². The van der Waals surface area contributed by atoms with Crippen molar-refractivity contribution in [1.82, 2.24) is 4.90 Å². The fourth-order valence-corrected chi connectivity index (χ4v) is 3.25. The minimum atomic E-state index is -0.958. The highest BCUT2D eigenvalue weighted by atomic mass is 35.5. The van der Waals surface area contributed by atoms with E-state index in [1.54, 1.807) is 7.11 Å². The third-order valence-electron chi connectivity index (χ3n) is 4.31. The molecule has 1 heterocycles. The Bertz CT molecular complexity index is 735. The Hall–Kier alpha value is -1.76. The van der Waals surface area contributed by atoms with E-state index in [9.17, 15) is 9.59 Å². The molecule has 0 unspecified atom stereocenters. The molecule has 6 nitrogen and oxygen atoms in total. The number of ether oxygens (including phenoxy) is 2. The lowest BCUT2D eigenvalue weighted by atomic mass is 10.1. The number of benzene rings is 1. The second-order valence-electron chi connectivity index (χ2n) is 6.42. The molecule has 8 heteroatoms. The summed E-state index contributed by atoms with van der Waals surface area (Å²) in [5.41, 5.74) is 2.71. The first kappa shape index (κ1) is 21.5. The number of alkyl halides is 1. The molecule has 1 aliphatic rings. The average Bonchev–Trinajstić information content (AvgIpc) is 3.06. The molecule has 0 atom stereocenters. The SMILES string of the molecule is C=C(CCl)COc1c(OC)cc2c(c1Cl)CN(CCC(=O)CCC(=O)O)C2. The Balaban J connectivity index is 2.03. The first-order chi connectivity index (χ1) is 12.8. The highest BCUT2D eigenvalue weighted by molar-refractivity contribution is 6.33. The van der Waals surface area contributed by atoms with Gasteiger partial charge in [0, 0.05) is 38.4 Å². The smallest absolute Gasteiger partial charge is 0.303 e. The van der Waals surface area contributed by atoms with Crippen LogP contribution in [0.25, 0.3) is 0 Å². The lowest BCUT2D eigenvalue weighted by molar-refractivity contribution is -0.138. The van der Waals surface area contributed by atoms with E-state index in [1.165, 1.54) is 0 Å². The normalized spacial score (nSPS) is 13.3. The van der Waals surface area contributed by atoms with Crippen molar-refractivity contribution in [2.45, 2.75) is 32.4 Å². The van der Waals surface area contributed by atoms with Crippen LogP contribution in [-0.2, 0) is 22.7 Å². The fraction of sp³-hybridized carbons (Fsp3) is 0.474. The lowest BCUT2D eigenvalue weighted by Crippen LogP contribution is -2.20. The molecule has 0 saturated heterocycles. The van der Waals surface area contributed by atoms with Gasteiger partial charge in [-0.2, -0.15) is 0 Å². The Labute approximate surface area is 168 Å². The summed E-state index contributed by atoms with van der Waals surface area (Å²) in [6.45, 7) is 5.84. The Kier molecular flexibility index (Phi) is 7.95. The third-order valence-corrected chi connectivity index (χ3v) is 5.09. The maximum atomic E-state index is 11.8. The maximum Gasteiger partial charge on any atom is 0.303 e. The number of fused-ring (bicyclic) bond motifs is 1. The second-order valence-corrected chi connectivity index (χ2v) is 7.07. The molecule has 0 bridgehead atoms. The zero-order valence-corrected chi connectivity index (χ0v) is 16.7. The fourth-order valence-electron chi connectivity index (χ4n) is 2.84. The van der Waals surface area contributed by atoms with Crippen LogP contribution in [-0.4, -0.2) is 47.9 Å². The Morgan fingerprint density at radius 3 is 2.67 bits per heavy atom. The van der Waals surface area contributed by atoms with Crippen LogP contribution in [0, 0.1) is 0 Å². The number of carboxylic acid groups (broad SMARTS) is 1. The third kappa shape index (κ3) is 5.86. The highest BCUT2D eigenvalue weighted by Crippen LogP contribution is 2.43. The van der Waals surface area contributed by atoms with Gasteiger partial charge in [0.05, 0.1) is 18.6 Å². The number of hydrogen-bond acceptors (Lipinski definition) is 5. The largest absolute Gasteiger partial charge is 0.493 e. The summed E-state index contributed by atoms with van der Waals surface area (Å²) >= 11 is 12.3. The molecule has 0 aliphatic carbocycles. The predicted molar refractivity (Wildman–Crippen MR) is 104 cm³/mol. The number of Topliss-reactive ketones (excluding diaryl/α,β-unsaturated/α-hetero) is 1. The number of rotatable bonds is 11. The van der Waals surface area contributed by atoms with Gasteiger partial charge in [-0.25, -0.2) is 0 Å². The van der Waals surface area contributed by atoms with Crippen molar-refractivity contribution in [2.75, 3.05) is 26.1 Å². The number of hydrogen-bond donors (Lipinski definition) is 1.